The molecule has 2 aromatic carbocycles. The van der Waals surface area contributed by atoms with Gasteiger partial charge >= 0.3 is 5.97 Å². The molecule has 0 spiro atoms. The van der Waals surface area contributed by atoms with Gasteiger partial charge in [-0.1, -0.05) is 37.3 Å². The molecular weight excluding hydrogens is 368 g/mol. The molecule has 0 amide bonds. The first-order chi connectivity index (χ1) is 14.2. The summed E-state index contributed by atoms with van der Waals surface area (Å²) in [6, 6.07) is 16.5. The Labute approximate surface area is 167 Å². The summed E-state index contributed by atoms with van der Waals surface area (Å²) < 4.78 is 8.25. The molecule has 146 valence electrons. The van der Waals surface area contributed by atoms with Gasteiger partial charge in [0.1, 0.15) is 11.4 Å². The summed E-state index contributed by atoms with van der Waals surface area (Å²) in [6.07, 6.45) is 1.93. The molecule has 0 aliphatic rings. The van der Waals surface area contributed by atoms with Crippen LogP contribution < -0.4 is 5.56 Å². The Morgan fingerprint density at radius 1 is 1.03 bits per heavy atom. The second-order valence-electron chi connectivity index (χ2n) is 6.39. The van der Waals surface area contributed by atoms with Gasteiger partial charge in [0, 0.05) is 6.42 Å². The Kier molecular flexibility index (Phi) is 4.95. The van der Waals surface area contributed by atoms with E-state index in [0.29, 0.717) is 29.0 Å². The number of ether oxygens (including phenoxy) is 1. The smallest absolute Gasteiger partial charge is 0.343 e. The average molecular weight is 388 g/mol. The number of aromatic nitrogens is 4. The van der Waals surface area contributed by atoms with Gasteiger partial charge in [-0.15, -0.1) is 0 Å². The highest BCUT2D eigenvalue weighted by Gasteiger charge is 2.25. The molecule has 0 radical (unpaired) electrons. The maximum atomic E-state index is 13.5. The fourth-order valence-corrected chi connectivity index (χ4v) is 3.30. The fourth-order valence-electron chi connectivity index (χ4n) is 3.30. The first-order valence-electron chi connectivity index (χ1n) is 9.47. The van der Waals surface area contributed by atoms with E-state index in [2.05, 4.69) is 10.1 Å². The van der Waals surface area contributed by atoms with Gasteiger partial charge in [-0.3, -0.25) is 4.79 Å². The number of fused-ring (bicyclic) bond motifs is 1. The molecule has 0 aliphatic carbocycles. The van der Waals surface area contributed by atoms with Crippen LogP contribution >= 0.6 is 0 Å². The Bertz CT molecular complexity index is 1240. The third-order valence-electron chi connectivity index (χ3n) is 4.61. The van der Waals surface area contributed by atoms with E-state index in [-0.39, 0.29) is 17.7 Å². The molecule has 7 nitrogen and oxygen atoms in total. The predicted octanol–water partition coefficient (Wildman–Crippen LogP) is 3.31. The number of esters is 1. The van der Waals surface area contributed by atoms with Crippen molar-refractivity contribution >= 4 is 16.9 Å². The van der Waals surface area contributed by atoms with E-state index < -0.39 is 5.97 Å². The molecule has 0 saturated heterocycles. The molecule has 0 atom stereocenters. The summed E-state index contributed by atoms with van der Waals surface area (Å²) in [5, 5.41) is 4.86. The molecule has 0 saturated carbocycles. The predicted molar refractivity (Wildman–Crippen MR) is 110 cm³/mol. The Morgan fingerprint density at radius 3 is 2.48 bits per heavy atom. The van der Waals surface area contributed by atoms with E-state index in [1.165, 1.54) is 10.8 Å². The number of benzene rings is 2. The summed E-state index contributed by atoms with van der Waals surface area (Å²) in [6.45, 7) is 3.88. The normalized spacial score (nSPS) is 11.0. The number of rotatable bonds is 5. The standard InChI is InChI=1S/C22H20N4O3/c1-3-19-24-18-13-9-8-12-16(18)21(27)25(19)20-17(22(28)29-4-2)14-23-26(20)15-10-6-5-7-11-15/h5-14H,3-4H2,1-2H3. The molecule has 29 heavy (non-hydrogen) atoms. The van der Waals surface area contributed by atoms with E-state index >= 15 is 0 Å². The third-order valence-corrected chi connectivity index (χ3v) is 4.61. The fraction of sp³-hybridized carbons (Fsp3) is 0.182. The maximum absolute atomic E-state index is 13.5. The van der Waals surface area contributed by atoms with Crippen molar-refractivity contribution in [3.63, 3.8) is 0 Å². The number of hydrogen-bond donors (Lipinski definition) is 0. The van der Waals surface area contributed by atoms with Crippen molar-refractivity contribution in [2.45, 2.75) is 20.3 Å². The SMILES string of the molecule is CCOC(=O)c1cnn(-c2ccccc2)c1-n1c(CC)nc2ccccc2c1=O. The second-order valence-corrected chi connectivity index (χ2v) is 6.39. The minimum absolute atomic E-state index is 0.213. The summed E-state index contributed by atoms with van der Waals surface area (Å²) in [5.41, 5.74) is 1.30. The summed E-state index contributed by atoms with van der Waals surface area (Å²) in [5.74, 6) is 0.332. The summed E-state index contributed by atoms with van der Waals surface area (Å²) >= 11 is 0. The van der Waals surface area contributed by atoms with Crippen molar-refractivity contribution in [3.05, 3.63) is 82.5 Å². The van der Waals surface area contributed by atoms with Crippen LogP contribution in [-0.4, -0.2) is 31.9 Å². The van der Waals surface area contributed by atoms with Gasteiger partial charge in [0.05, 0.1) is 29.4 Å². The van der Waals surface area contributed by atoms with Gasteiger partial charge in [0.25, 0.3) is 5.56 Å². The van der Waals surface area contributed by atoms with Crippen LogP contribution in [0.3, 0.4) is 0 Å². The molecule has 0 unspecified atom stereocenters. The van der Waals surface area contributed by atoms with Crippen LogP contribution in [0, 0.1) is 0 Å². The number of para-hydroxylation sites is 2. The van der Waals surface area contributed by atoms with Crippen molar-refractivity contribution in [3.8, 4) is 11.5 Å². The lowest BCUT2D eigenvalue weighted by atomic mass is 10.2. The number of carbonyl (C=O) groups excluding carboxylic acids is 1. The molecule has 4 rings (SSSR count). The van der Waals surface area contributed by atoms with Crippen molar-refractivity contribution < 1.29 is 9.53 Å². The molecule has 0 N–H and O–H groups in total. The second kappa shape index (κ2) is 7.71. The van der Waals surface area contributed by atoms with E-state index in [9.17, 15) is 9.59 Å². The van der Waals surface area contributed by atoms with Crippen molar-refractivity contribution in [2.75, 3.05) is 6.61 Å². The molecule has 0 bridgehead atoms. The molecule has 7 heteroatoms. The van der Waals surface area contributed by atoms with Crippen LogP contribution in [0.2, 0.25) is 0 Å². The zero-order valence-corrected chi connectivity index (χ0v) is 16.2. The first-order valence-corrected chi connectivity index (χ1v) is 9.47. The maximum Gasteiger partial charge on any atom is 0.343 e. The van der Waals surface area contributed by atoms with E-state index in [1.54, 1.807) is 29.8 Å². The lowest BCUT2D eigenvalue weighted by Crippen LogP contribution is -2.27. The van der Waals surface area contributed by atoms with Crippen LogP contribution in [0.4, 0.5) is 0 Å². The number of aryl methyl sites for hydroxylation is 1. The lowest BCUT2D eigenvalue weighted by Gasteiger charge is -2.16. The number of hydrogen-bond acceptors (Lipinski definition) is 5. The third kappa shape index (κ3) is 3.20. The van der Waals surface area contributed by atoms with Gasteiger partial charge in [-0.05, 0) is 31.2 Å². The monoisotopic (exact) mass is 388 g/mol. The Hall–Kier alpha value is -3.74. The summed E-state index contributed by atoms with van der Waals surface area (Å²) in [4.78, 5) is 30.8. The minimum atomic E-state index is -0.535. The highest BCUT2D eigenvalue weighted by atomic mass is 16.5. The number of carbonyl (C=O) groups is 1. The zero-order chi connectivity index (χ0) is 20.4. The van der Waals surface area contributed by atoms with Crippen LogP contribution in [0.25, 0.3) is 22.4 Å². The lowest BCUT2D eigenvalue weighted by molar-refractivity contribution is 0.0526. The van der Waals surface area contributed by atoms with Gasteiger partial charge in [0.15, 0.2) is 5.82 Å². The highest BCUT2D eigenvalue weighted by Crippen LogP contribution is 2.22. The van der Waals surface area contributed by atoms with Gasteiger partial charge in [-0.2, -0.15) is 5.10 Å². The van der Waals surface area contributed by atoms with Crippen LogP contribution in [0.5, 0.6) is 0 Å². The summed E-state index contributed by atoms with van der Waals surface area (Å²) in [7, 11) is 0. The Balaban J connectivity index is 2.09. The largest absolute Gasteiger partial charge is 0.462 e. The van der Waals surface area contributed by atoms with Gasteiger partial charge in [-0.25, -0.2) is 19.0 Å². The number of nitrogens with zero attached hydrogens (tertiary/aromatic N) is 4. The van der Waals surface area contributed by atoms with Gasteiger partial charge < -0.3 is 4.74 Å². The molecule has 2 heterocycles. The average Bonchev–Trinajstić information content (AvgIpc) is 3.19. The highest BCUT2D eigenvalue weighted by molar-refractivity contribution is 5.93. The molecule has 0 aliphatic heterocycles. The molecular formula is C22H20N4O3. The van der Waals surface area contributed by atoms with E-state index in [1.807, 2.05) is 43.3 Å². The quantitative estimate of drug-likeness (QED) is 0.490. The van der Waals surface area contributed by atoms with Crippen LogP contribution in [0.1, 0.15) is 30.0 Å². The van der Waals surface area contributed by atoms with Crippen molar-refractivity contribution in [1.82, 2.24) is 19.3 Å². The van der Waals surface area contributed by atoms with Crippen molar-refractivity contribution in [1.29, 1.82) is 0 Å². The van der Waals surface area contributed by atoms with Crippen molar-refractivity contribution in [2.24, 2.45) is 0 Å². The van der Waals surface area contributed by atoms with E-state index in [0.717, 1.165) is 5.69 Å². The van der Waals surface area contributed by atoms with Gasteiger partial charge in [0.2, 0.25) is 0 Å². The Morgan fingerprint density at radius 2 is 1.76 bits per heavy atom. The molecule has 0 fully saturated rings. The first kappa shape index (κ1) is 18.6. The zero-order valence-electron chi connectivity index (χ0n) is 16.2. The van der Waals surface area contributed by atoms with Crippen LogP contribution in [-0.2, 0) is 11.2 Å². The minimum Gasteiger partial charge on any atom is -0.462 e. The topological polar surface area (TPSA) is 79.0 Å². The van der Waals surface area contributed by atoms with E-state index in [4.69, 9.17) is 4.74 Å². The molecule has 4 aromatic rings. The van der Waals surface area contributed by atoms with Crippen LogP contribution in [0.15, 0.2) is 65.6 Å². The molecule has 2 aromatic heterocycles.